The van der Waals surface area contributed by atoms with Crippen molar-refractivity contribution in [2.45, 2.75) is 44.2 Å². The maximum absolute atomic E-state index is 12.7. The van der Waals surface area contributed by atoms with Gasteiger partial charge >= 0.3 is 12.1 Å². The van der Waals surface area contributed by atoms with Crippen molar-refractivity contribution in [3.63, 3.8) is 0 Å². The van der Waals surface area contributed by atoms with Crippen LogP contribution in [0.5, 0.6) is 0 Å². The molecule has 0 bridgehead atoms. The molecule has 34 heavy (non-hydrogen) atoms. The minimum Gasteiger partial charge on any atom is -0.480 e. The number of alkyl carbamates (subject to hydrolysis) is 1. The van der Waals surface area contributed by atoms with E-state index < -0.39 is 18.1 Å². The number of nitrogens with one attached hydrogen (secondary N) is 1. The number of amides is 2. The van der Waals surface area contributed by atoms with Gasteiger partial charge in [-0.1, -0.05) is 48.5 Å². The molecule has 5 atom stereocenters. The highest BCUT2D eigenvalue weighted by Crippen LogP contribution is 2.50. The number of carboxylic acids is 1. The van der Waals surface area contributed by atoms with Crippen LogP contribution in [0.3, 0.4) is 0 Å². The molecule has 2 saturated carbocycles. The SMILES string of the molecule is CC(C(=O)O)N(C)C(=O)C1C[C@@H]2C[C@H](NC(=O)OCC3c4ccccc4-c4ccccc43)[C@@H]2C1. The molecule has 2 aromatic carbocycles. The first kappa shape index (κ1) is 22.4. The summed E-state index contributed by atoms with van der Waals surface area (Å²) >= 11 is 0. The highest BCUT2D eigenvalue weighted by Gasteiger charge is 2.50. The lowest BCUT2D eigenvalue weighted by Crippen LogP contribution is -2.50. The summed E-state index contributed by atoms with van der Waals surface area (Å²) < 4.78 is 5.67. The molecule has 3 aliphatic rings. The van der Waals surface area contributed by atoms with E-state index in [9.17, 15) is 19.5 Å². The zero-order valence-corrected chi connectivity index (χ0v) is 19.4. The molecule has 0 aromatic heterocycles. The standard InChI is InChI=1S/C27H30N2O5/c1-15(26(31)32)29(2)25(30)17-11-16-13-24(22(16)12-17)28-27(33)34-14-23-20-9-5-3-7-18(20)19-8-4-6-10-21(19)23/h3-10,15-17,22-24H,11-14H2,1-2H3,(H,28,33)(H,31,32)/t15?,16-,17?,22-,24+/m1/s1. The Hall–Kier alpha value is -3.35. The maximum Gasteiger partial charge on any atom is 0.407 e. The Morgan fingerprint density at radius 3 is 2.26 bits per heavy atom. The average Bonchev–Trinajstić information content (AvgIpc) is 3.34. The second-order valence-electron chi connectivity index (χ2n) is 9.87. The van der Waals surface area contributed by atoms with Crippen molar-refractivity contribution in [2.75, 3.05) is 13.7 Å². The van der Waals surface area contributed by atoms with Crippen LogP contribution in [0.4, 0.5) is 4.79 Å². The Morgan fingerprint density at radius 2 is 1.65 bits per heavy atom. The van der Waals surface area contributed by atoms with Gasteiger partial charge in [0.2, 0.25) is 5.91 Å². The summed E-state index contributed by atoms with van der Waals surface area (Å²) in [6.07, 6.45) is 1.84. The van der Waals surface area contributed by atoms with Crippen LogP contribution in [0, 0.1) is 17.8 Å². The van der Waals surface area contributed by atoms with E-state index in [0.29, 0.717) is 12.3 Å². The van der Waals surface area contributed by atoms with E-state index in [1.807, 2.05) is 24.3 Å². The minimum atomic E-state index is -1.01. The lowest BCUT2D eigenvalue weighted by atomic mass is 9.71. The lowest BCUT2D eigenvalue weighted by Gasteiger charge is -2.40. The fourth-order valence-electron chi connectivity index (χ4n) is 6.03. The molecule has 0 heterocycles. The van der Waals surface area contributed by atoms with E-state index in [2.05, 4.69) is 29.6 Å². The van der Waals surface area contributed by atoms with Crippen LogP contribution < -0.4 is 5.32 Å². The van der Waals surface area contributed by atoms with Gasteiger partial charge in [0, 0.05) is 24.9 Å². The van der Waals surface area contributed by atoms with Crippen LogP contribution in [0.1, 0.15) is 43.2 Å². The second kappa shape index (κ2) is 8.78. The average molecular weight is 463 g/mol. The Labute approximate surface area is 199 Å². The van der Waals surface area contributed by atoms with E-state index in [1.54, 1.807) is 7.05 Å². The topological polar surface area (TPSA) is 95.9 Å². The summed E-state index contributed by atoms with van der Waals surface area (Å²) in [4.78, 5) is 37.9. The van der Waals surface area contributed by atoms with Crippen LogP contribution in [-0.2, 0) is 14.3 Å². The third kappa shape index (κ3) is 3.83. The molecule has 5 rings (SSSR count). The number of aliphatic carboxylic acids is 1. The smallest absolute Gasteiger partial charge is 0.407 e. The molecule has 2 N–H and O–H groups in total. The number of benzene rings is 2. The molecule has 2 unspecified atom stereocenters. The third-order valence-corrected chi connectivity index (χ3v) is 8.11. The summed E-state index contributed by atoms with van der Waals surface area (Å²) in [5, 5.41) is 12.2. The van der Waals surface area contributed by atoms with Gasteiger partial charge in [0.15, 0.2) is 0 Å². The van der Waals surface area contributed by atoms with E-state index in [0.717, 1.165) is 12.8 Å². The first-order valence-corrected chi connectivity index (χ1v) is 12.0. The van der Waals surface area contributed by atoms with E-state index >= 15 is 0 Å². The Bertz CT molecular complexity index is 1090. The molecule has 2 fully saturated rings. The van der Waals surface area contributed by atoms with Crippen LogP contribution in [0.2, 0.25) is 0 Å². The molecule has 0 saturated heterocycles. The van der Waals surface area contributed by atoms with Gasteiger partial charge in [-0.2, -0.15) is 0 Å². The van der Waals surface area contributed by atoms with Crippen LogP contribution in [0.25, 0.3) is 11.1 Å². The third-order valence-electron chi connectivity index (χ3n) is 8.11. The number of carbonyl (C=O) groups is 3. The normalized spacial score (nSPS) is 25.4. The van der Waals surface area contributed by atoms with E-state index in [1.165, 1.54) is 34.1 Å². The van der Waals surface area contributed by atoms with Crippen molar-refractivity contribution in [1.82, 2.24) is 10.2 Å². The van der Waals surface area contributed by atoms with Crippen molar-refractivity contribution in [3.05, 3.63) is 59.7 Å². The van der Waals surface area contributed by atoms with Crippen molar-refractivity contribution >= 4 is 18.0 Å². The van der Waals surface area contributed by atoms with Crippen molar-refractivity contribution in [2.24, 2.45) is 17.8 Å². The number of carbonyl (C=O) groups excluding carboxylic acids is 2. The van der Waals surface area contributed by atoms with Gasteiger partial charge in [0.05, 0.1) is 0 Å². The molecule has 7 heteroatoms. The number of hydrogen-bond donors (Lipinski definition) is 2. The molecule has 178 valence electrons. The van der Waals surface area contributed by atoms with Gasteiger partial charge in [0.25, 0.3) is 0 Å². The van der Waals surface area contributed by atoms with Crippen molar-refractivity contribution in [3.8, 4) is 11.1 Å². The predicted octanol–water partition coefficient (Wildman–Crippen LogP) is 3.87. The van der Waals surface area contributed by atoms with Gasteiger partial charge in [-0.15, -0.1) is 0 Å². The number of likely N-dealkylation sites (N-methyl/N-ethyl adjacent to an activating group) is 1. The molecule has 0 radical (unpaired) electrons. The van der Waals surface area contributed by atoms with E-state index in [-0.39, 0.29) is 36.3 Å². The summed E-state index contributed by atoms with van der Waals surface area (Å²) in [7, 11) is 1.55. The van der Waals surface area contributed by atoms with Gasteiger partial charge in [-0.05, 0) is 60.3 Å². The summed E-state index contributed by atoms with van der Waals surface area (Å²) in [5.74, 6) is -0.663. The number of ether oxygens (including phenoxy) is 1. The van der Waals surface area contributed by atoms with Crippen LogP contribution in [0.15, 0.2) is 48.5 Å². The first-order valence-electron chi connectivity index (χ1n) is 12.0. The quantitative estimate of drug-likeness (QED) is 0.679. The number of nitrogens with zero attached hydrogens (tertiary/aromatic N) is 1. The fraction of sp³-hybridized carbons (Fsp3) is 0.444. The van der Waals surface area contributed by atoms with Crippen molar-refractivity contribution < 1.29 is 24.2 Å². The summed E-state index contributed by atoms with van der Waals surface area (Å²) in [6, 6.07) is 15.6. The Morgan fingerprint density at radius 1 is 1.03 bits per heavy atom. The number of rotatable bonds is 6. The molecule has 2 aromatic rings. The van der Waals surface area contributed by atoms with Crippen LogP contribution >= 0.6 is 0 Å². The molecule has 7 nitrogen and oxygen atoms in total. The molecule has 0 aliphatic heterocycles. The van der Waals surface area contributed by atoms with Crippen LogP contribution in [-0.4, -0.2) is 53.7 Å². The molecule has 3 aliphatic carbocycles. The van der Waals surface area contributed by atoms with E-state index in [4.69, 9.17) is 4.74 Å². The minimum absolute atomic E-state index is 0.000605. The zero-order chi connectivity index (χ0) is 24.0. The summed E-state index contributed by atoms with van der Waals surface area (Å²) in [6.45, 7) is 1.80. The Kier molecular flexibility index (Phi) is 5.80. The molecule has 2 amide bonds. The molecule has 0 spiro atoms. The summed E-state index contributed by atoms with van der Waals surface area (Å²) in [5.41, 5.74) is 4.74. The van der Waals surface area contributed by atoms with Gasteiger partial charge < -0.3 is 20.1 Å². The molecular weight excluding hydrogens is 432 g/mol. The first-order chi connectivity index (χ1) is 16.3. The van der Waals surface area contributed by atoms with Gasteiger partial charge in [-0.3, -0.25) is 4.79 Å². The highest BCUT2D eigenvalue weighted by atomic mass is 16.5. The van der Waals surface area contributed by atoms with Gasteiger partial charge in [-0.25, -0.2) is 9.59 Å². The fourth-order valence-corrected chi connectivity index (χ4v) is 6.03. The van der Waals surface area contributed by atoms with Gasteiger partial charge in [0.1, 0.15) is 12.6 Å². The maximum atomic E-state index is 12.7. The number of hydrogen-bond acceptors (Lipinski definition) is 4. The lowest BCUT2D eigenvalue weighted by molar-refractivity contribution is -0.149. The monoisotopic (exact) mass is 462 g/mol. The Balaban J connectivity index is 1.15. The number of fused-ring (bicyclic) bond motifs is 4. The zero-order valence-electron chi connectivity index (χ0n) is 19.4. The highest BCUT2D eigenvalue weighted by molar-refractivity contribution is 5.85. The largest absolute Gasteiger partial charge is 0.480 e. The molecular formula is C27H30N2O5. The van der Waals surface area contributed by atoms with Crippen molar-refractivity contribution in [1.29, 1.82) is 0 Å². The predicted molar refractivity (Wildman–Crippen MR) is 126 cm³/mol. The second-order valence-corrected chi connectivity index (χ2v) is 9.87. The number of carboxylic acid groups (broad SMARTS) is 1.